The van der Waals surface area contributed by atoms with E-state index in [9.17, 15) is 4.79 Å². The maximum Gasteiger partial charge on any atom is 0.234 e. The van der Waals surface area contributed by atoms with Gasteiger partial charge in [0, 0.05) is 10.7 Å². The number of amides is 1. The Bertz CT molecular complexity index is 957. The molecule has 0 aliphatic carbocycles. The van der Waals surface area contributed by atoms with E-state index >= 15 is 0 Å². The van der Waals surface area contributed by atoms with E-state index in [1.165, 1.54) is 17.3 Å². The summed E-state index contributed by atoms with van der Waals surface area (Å²) in [5, 5.41) is 15.9. The summed E-state index contributed by atoms with van der Waals surface area (Å²) in [5.41, 5.74) is 4.68. The summed E-state index contributed by atoms with van der Waals surface area (Å²) < 4.78 is 1.65. The van der Waals surface area contributed by atoms with E-state index in [1.807, 2.05) is 39.0 Å². The van der Waals surface area contributed by atoms with E-state index in [4.69, 9.17) is 11.6 Å². The molecule has 0 saturated carbocycles. The van der Waals surface area contributed by atoms with Gasteiger partial charge in [-0.25, -0.2) is 0 Å². The van der Waals surface area contributed by atoms with Gasteiger partial charge in [0.05, 0.1) is 11.4 Å². The number of carbonyl (C=O) groups is 1. The average Bonchev–Trinajstić information content (AvgIpc) is 3.05. The molecular weight excluding hydrogens is 370 g/mol. The van der Waals surface area contributed by atoms with Gasteiger partial charge in [-0.05, 0) is 60.5 Å². The molecule has 1 N–H and O–H groups in total. The Balaban J connectivity index is 1.70. The second kappa shape index (κ2) is 7.88. The Morgan fingerprint density at radius 2 is 2.04 bits per heavy atom. The number of carbonyl (C=O) groups excluding carboxylic acids is 1. The average molecular weight is 388 g/mol. The Kier molecular flexibility index (Phi) is 5.58. The Labute approximate surface area is 160 Å². The maximum atomic E-state index is 12.3. The number of nitrogens with one attached hydrogen (secondary N) is 1. The Morgan fingerprint density at radius 1 is 1.23 bits per heavy atom. The lowest BCUT2D eigenvalue weighted by atomic mass is 10.1. The normalized spacial score (nSPS) is 10.8. The highest BCUT2D eigenvalue weighted by Gasteiger charge is 2.14. The molecule has 0 atom stereocenters. The van der Waals surface area contributed by atoms with Crippen molar-refractivity contribution in [1.82, 2.24) is 20.2 Å². The number of rotatable bonds is 5. The van der Waals surface area contributed by atoms with Gasteiger partial charge in [-0.3, -0.25) is 4.79 Å². The van der Waals surface area contributed by atoms with Crippen molar-refractivity contribution < 1.29 is 4.79 Å². The third-order valence-corrected chi connectivity index (χ3v) is 5.22. The number of hydrogen-bond donors (Lipinski definition) is 1. The summed E-state index contributed by atoms with van der Waals surface area (Å²) in [7, 11) is 0. The van der Waals surface area contributed by atoms with Gasteiger partial charge < -0.3 is 5.32 Å². The lowest BCUT2D eigenvalue weighted by Crippen LogP contribution is -2.15. The number of aromatic nitrogens is 4. The fourth-order valence-corrected chi connectivity index (χ4v) is 3.38. The molecule has 0 saturated heterocycles. The summed E-state index contributed by atoms with van der Waals surface area (Å²) in [6.45, 7) is 5.91. The summed E-state index contributed by atoms with van der Waals surface area (Å²) in [6, 6.07) is 11.5. The van der Waals surface area contributed by atoms with Crippen LogP contribution in [-0.4, -0.2) is 31.9 Å². The van der Waals surface area contributed by atoms with Crippen LogP contribution < -0.4 is 5.32 Å². The van der Waals surface area contributed by atoms with Crippen LogP contribution in [0.4, 0.5) is 5.69 Å². The molecule has 3 aromatic rings. The summed E-state index contributed by atoms with van der Waals surface area (Å²) >= 11 is 7.36. The number of nitrogens with zero attached hydrogens (tertiary/aromatic N) is 4. The van der Waals surface area contributed by atoms with Gasteiger partial charge in [-0.1, -0.05) is 47.1 Å². The first-order valence-corrected chi connectivity index (χ1v) is 9.36. The molecule has 3 rings (SSSR count). The third-order valence-electron chi connectivity index (χ3n) is 3.90. The van der Waals surface area contributed by atoms with Crippen molar-refractivity contribution in [3.8, 4) is 5.69 Å². The van der Waals surface area contributed by atoms with E-state index in [2.05, 4.69) is 26.9 Å². The number of aryl methyl sites for hydroxylation is 2. The molecule has 0 aliphatic heterocycles. The van der Waals surface area contributed by atoms with Crippen molar-refractivity contribution in [3.63, 3.8) is 0 Å². The zero-order chi connectivity index (χ0) is 18.7. The molecule has 1 amide bonds. The van der Waals surface area contributed by atoms with Gasteiger partial charge >= 0.3 is 0 Å². The minimum Gasteiger partial charge on any atom is -0.325 e. The summed E-state index contributed by atoms with van der Waals surface area (Å²) in [6.07, 6.45) is 0. The van der Waals surface area contributed by atoms with Crippen molar-refractivity contribution in [1.29, 1.82) is 0 Å². The van der Waals surface area contributed by atoms with Crippen molar-refractivity contribution >= 4 is 35.0 Å². The smallest absolute Gasteiger partial charge is 0.234 e. The van der Waals surface area contributed by atoms with Crippen molar-refractivity contribution in [2.45, 2.75) is 25.9 Å². The van der Waals surface area contributed by atoms with E-state index in [0.29, 0.717) is 15.9 Å². The van der Waals surface area contributed by atoms with Crippen LogP contribution in [0.3, 0.4) is 0 Å². The van der Waals surface area contributed by atoms with Gasteiger partial charge in [-0.2, -0.15) is 4.68 Å². The predicted octanol–water partition coefficient (Wildman–Crippen LogP) is 3.97. The number of tetrazole rings is 1. The van der Waals surface area contributed by atoms with Crippen LogP contribution in [0.25, 0.3) is 5.69 Å². The molecule has 26 heavy (non-hydrogen) atoms. The minimum absolute atomic E-state index is 0.143. The first-order valence-electron chi connectivity index (χ1n) is 7.99. The lowest BCUT2D eigenvalue weighted by molar-refractivity contribution is -0.113. The van der Waals surface area contributed by atoms with Gasteiger partial charge in [0.25, 0.3) is 0 Å². The van der Waals surface area contributed by atoms with Crippen LogP contribution in [-0.2, 0) is 4.79 Å². The zero-order valence-electron chi connectivity index (χ0n) is 14.7. The van der Waals surface area contributed by atoms with Crippen LogP contribution in [0.15, 0.2) is 41.6 Å². The van der Waals surface area contributed by atoms with E-state index in [1.54, 1.807) is 16.8 Å². The summed E-state index contributed by atoms with van der Waals surface area (Å²) in [4.78, 5) is 12.3. The van der Waals surface area contributed by atoms with E-state index in [-0.39, 0.29) is 11.7 Å². The molecule has 0 spiro atoms. The molecule has 1 heterocycles. The second-order valence-corrected chi connectivity index (χ2v) is 7.26. The molecule has 6 nitrogen and oxygen atoms in total. The first kappa shape index (κ1) is 18.4. The molecule has 2 aromatic carbocycles. The monoisotopic (exact) mass is 387 g/mol. The zero-order valence-corrected chi connectivity index (χ0v) is 16.2. The number of anilines is 1. The van der Waals surface area contributed by atoms with Crippen molar-refractivity contribution in [2.75, 3.05) is 11.1 Å². The van der Waals surface area contributed by atoms with Crippen LogP contribution in [0, 0.1) is 20.8 Å². The molecular formula is C18H18ClN5OS. The van der Waals surface area contributed by atoms with Crippen molar-refractivity contribution in [2.24, 2.45) is 0 Å². The van der Waals surface area contributed by atoms with Gasteiger partial charge in [0.15, 0.2) is 0 Å². The number of thioether (sulfide) groups is 1. The number of benzene rings is 2. The Hall–Kier alpha value is -2.38. The van der Waals surface area contributed by atoms with E-state index in [0.717, 1.165) is 16.8 Å². The lowest BCUT2D eigenvalue weighted by Gasteiger charge is -2.10. The second-order valence-electron chi connectivity index (χ2n) is 5.91. The SMILES string of the molecule is Cc1ccc(-n2nnnc2SCC(=O)Nc2cccc(Cl)c2C)c(C)c1. The molecule has 0 fully saturated rings. The highest BCUT2D eigenvalue weighted by Crippen LogP contribution is 2.24. The molecule has 1 aromatic heterocycles. The first-order chi connectivity index (χ1) is 12.5. The standard InChI is InChI=1S/C18H18ClN5OS/c1-11-7-8-16(12(2)9-11)24-18(21-22-23-24)26-10-17(25)20-15-6-4-5-14(19)13(15)3/h4-9H,10H2,1-3H3,(H,20,25). The molecule has 134 valence electrons. The van der Waals surface area contributed by atoms with Crippen molar-refractivity contribution in [3.05, 3.63) is 58.1 Å². The largest absolute Gasteiger partial charge is 0.325 e. The van der Waals surface area contributed by atoms with E-state index < -0.39 is 0 Å². The van der Waals surface area contributed by atoms with Gasteiger partial charge in [-0.15, -0.1) is 5.10 Å². The summed E-state index contributed by atoms with van der Waals surface area (Å²) in [5.74, 6) is 0.0487. The quantitative estimate of drug-likeness (QED) is 0.670. The molecule has 0 bridgehead atoms. The third kappa shape index (κ3) is 4.05. The number of hydrogen-bond acceptors (Lipinski definition) is 5. The molecule has 0 unspecified atom stereocenters. The predicted molar refractivity (Wildman–Crippen MR) is 104 cm³/mol. The highest BCUT2D eigenvalue weighted by atomic mass is 35.5. The Morgan fingerprint density at radius 3 is 2.81 bits per heavy atom. The highest BCUT2D eigenvalue weighted by molar-refractivity contribution is 7.99. The molecule has 0 radical (unpaired) electrons. The van der Waals surface area contributed by atoms with Crippen LogP contribution in [0.2, 0.25) is 5.02 Å². The van der Waals surface area contributed by atoms with Gasteiger partial charge in [0.2, 0.25) is 11.1 Å². The number of halogens is 1. The topological polar surface area (TPSA) is 72.7 Å². The van der Waals surface area contributed by atoms with Crippen LogP contribution in [0.5, 0.6) is 0 Å². The fourth-order valence-electron chi connectivity index (χ4n) is 2.52. The fraction of sp³-hybridized carbons (Fsp3) is 0.222. The van der Waals surface area contributed by atoms with Gasteiger partial charge in [0.1, 0.15) is 0 Å². The minimum atomic E-state index is -0.143. The van der Waals surface area contributed by atoms with Crippen LogP contribution in [0.1, 0.15) is 16.7 Å². The van der Waals surface area contributed by atoms with Crippen LogP contribution >= 0.6 is 23.4 Å². The maximum absolute atomic E-state index is 12.3. The molecule has 0 aliphatic rings. The molecule has 8 heteroatoms.